The van der Waals surface area contributed by atoms with Gasteiger partial charge in [0, 0.05) is 27.7 Å². The molecule has 0 aromatic heterocycles. The highest BCUT2D eigenvalue weighted by atomic mass is 33.1. The fraction of sp³-hybridized carbons (Fsp3) is 1.00. The maximum absolute atomic E-state index is 2.46. The van der Waals surface area contributed by atoms with Gasteiger partial charge in [-0.15, -0.1) is 0 Å². The van der Waals surface area contributed by atoms with Gasteiger partial charge in [-0.1, -0.05) is 60.9 Å². The van der Waals surface area contributed by atoms with E-state index in [0.29, 0.717) is 0 Å². The third kappa shape index (κ3) is 13.1. The first-order chi connectivity index (χ1) is 6.21. The summed E-state index contributed by atoms with van der Waals surface area (Å²) >= 11 is 0. The van der Waals surface area contributed by atoms with Crippen molar-refractivity contribution in [1.82, 2.24) is 0 Å². The molecule has 0 aliphatic heterocycles. The van der Waals surface area contributed by atoms with Crippen molar-refractivity contribution in [2.75, 3.05) is 11.5 Å². The Morgan fingerprint density at radius 1 is 0.643 bits per heavy atom. The Balaban J connectivity index is 3.23. The first kappa shape index (κ1) is 15.1. The largest absolute Gasteiger partial charge is 0.0945 e. The lowest BCUT2D eigenvalue weighted by Gasteiger charge is -2.16. The van der Waals surface area contributed by atoms with Gasteiger partial charge in [0.2, 0.25) is 0 Å². The van der Waals surface area contributed by atoms with Crippen molar-refractivity contribution in [2.45, 2.75) is 51.4 Å². The van der Waals surface area contributed by atoms with Gasteiger partial charge < -0.3 is 0 Å². The molecule has 0 aliphatic rings. The molecule has 14 heavy (non-hydrogen) atoms. The third-order valence-electron chi connectivity index (χ3n) is 1.95. The quantitative estimate of drug-likeness (QED) is 0.359. The fourth-order valence-electron chi connectivity index (χ4n) is 0.814. The summed E-state index contributed by atoms with van der Waals surface area (Å²) < 4.78 is 0. The highest BCUT2D eigenvalue weighted by Gasteiger charge is 2.13. The molecule has 0 saturated heterocycles. The average Bonchev–Trinajstić information content (AvgIpc) is 1.92. The van der Waals surface area contributed by atoms with E-state index < -0.39 is 16.1 Å². The second-order valence-electron chi connectivity index (χ2n) is 6.27. The van der Waals surface area contributed by atoms with Crippen molar-refractivity contribution in [2.24, 2.45) is 0 Å². The minimum Gasteiger partial charge on any atom is -0.0945 e. The average molecular weight is 267 g/mol. The van der Waals surface area contributed by atoms with Crippen LogP contribution in [0.5, 0.6) is 0 Å². The SMILES string of the molecule is C[Si](C)(C)CCSSCC[Si](C)(C)C. The van der Waals surface area contributed by atoms with E-state index >= 15 is 0 Å². The van der Waals surface area contributed by atoms with Gasteiger partial charge in [-0.05, 0) is 12.1 Å². The van der Waals surface area contributed by atoms with E-state index in [1.807, 2.05) is 0 Å². The van der Waals surface area contributed by atoms with E-state index in [4.69, 9.17) is 0 Å². The topological polar surface area (TPSA) is 0 Å². The summed E-state index contributed by atoms with van der Waals surface area (Å²) in [6.07, 6.45) is 0. The summed E-state index contributed by atoms with van der Waals surface area (Å²) in [4.78, 5) is 0. The van der Waals surface area contributed by atoms with Crippen molar-refractivity contribution < 1.29 is 0 Å². The molecule has 0 N–H and O–H groups in total. The maximum atomic E-state index is 2.46. The van der Waals surface area contributed by atoms with Crippen molar-refractivity contribution in [3.63, 3.8) is 0 Å². The minimum atomic E-state index is -0.780. The van der Waals surface area contributed by atoms with Crippen molar-refractivity contribution in [1.29, 1.82) is 0 Å². The molecule has 4 heteroatoms. The first-order valence-corrected chi connectivity index (χ1v) is 15.4. The third-order valence-corrected chi connectivity index (χ3v) is 8.59. The predicted octanol–water partition coefficient (Wildman–Crippen LogP) is 5.04. The summed E-state index contributed by atoms with van der Waals surface area (Å²) in [6, 6.07) is 2.94. The molecule has 0 bridgehead atoms. The monoisotopic (exact) mass is 266 g/mol. The molecule has 0 radical (unpaired) electrons. The molecule has 0 aliphatic carbocycles. The van der Waals surface area contributed by atoms with Crippen LogP contribution < -0.4 is 0 Å². The van der Waals surface area contributed by atoms with Gasteiger partial charge in [0.1, 0.15) is 0 Å². The number of rotatable bonds is 7. The van der Waals surface area contributed by atoms with Crippen LogP contribution in [-0.4, -0.2) is 27.7 Å². The molecule has 86 valence electrons. The van der Waals surface area contributed by atoms with Crippen molar-refractivity contribution in [3.05, 3.63) is 0 Å². The van der Waals surface area contributed by atoms with E-state index in [1.54, 1.807) is 0 Å². The lowest BCUT2D eigenvalue weighted by molar-refractivity contribution is 1.38. The van der Waals surface area contributed by atoms with Gasteiger partial charge in [-0.25, -0.2) is 0 Å². The summed E-state index contributed by atoms with van der Waals surface area (Å²) in [6.45, 7) is 14.8. The normalized spacial score (nSPS) is 13.3. The lowest BCUT2D eigenvalue weighted by atomic mass is 11.0. The van der Waals surface area contributed by atoms with Crippen molar-refractivity contribution >= 4 is 37.7 Å². The Morgan fingerprint density at radius 3 is 1.14 bits per heavy atom. The van der Waals surface area contributed by atoms with E-state index in [0.717, 1.165) is 0 Å². The molecule has 0 nitrogen and oxygen atoms in total. The van der Waals surface area contributed by atoms with E-state index in [1.165, 1.54) is 23.6 Å². The molecule has 0 rings (SSSR count). The molecular formula is C10H26S2Si2. The molecule has 0 saturated carbocycles. The Hall–Kier alpha value is 1.13. The van der Waals surface area contributed by atoms with Gasteiger partial charge in [-0.3, -0.25) is 0 Å². The van der Waals surface area contributed by atoms with Crippen LogP contribution >= 0.6 is 21.6 Å². The summed E-state index contributed by atoms with van der Waals surface area (Å²) in [5.41, 5.74) is 0. The highest BCUT2D eigenvalue weighted by Crippen LogP contribution is 2.27. The molecule has 0 fully saturated rings. The van der Waals surface area contributed by atoms with Crippen LogP contribution in [0.15, 0.2) is 0 Å². The van der Waals surface area contributed by atoms with Crippen LogP contribution in [0.4, 0.5) is 0 Å². The standard InChI is InChI=1S/C10H26S2Si2/c1-13(2,3)9-7-11-12-8-10-14(4,5)6/h7-10H2,1-6H3. The van der Waals surface area contributed by atoms with Crippen LogP contribution in [0.2, 0.25) is 51.4 Å². The molecule has 0 atom stereocenters. The molecule has 0 amide bonds. The van der Waals surface area contributed by atoms with Crippen LogP contribution in [0.25, 0.3) is 0 Å². The van der Waals surface area contributed by atoms with E-state index in [2.05, 4.69) is 60.9 Å². The van der Waals surface area contributed by atoms with Crippen LogP contribution in [0.1, 0.15) is 0 Å². The molecule has 0 aromatic carbocycles. The summed E-state index contributed by atoms with van der Waals surface area (Å²) in [7, 11) is 2.63. The first-order valence-electron chi connectivity index (χ1n) is 5.45. The Labute approximate surface area is 100 Å². The zero-order valence-corrected chi connectivity index (χ0v) is 14.3. The van der Waals surface area contributed by atoms with Crippen molar-refractivity contribution in [3.8, 4) is 0 Å². The van der Waals surface area contributed by atoms with Gasteiger partial charge in [-0.2, -0.15) is 0 Å². The molecule has 0 aromatic rings. The van der Waals surface area contributed by atoms with Gasteiger partial charge in [0.05, 0.1) is 0 Å². The zero-order chi connectivity index (χ0) is 11.2. The fourth-order valence-corrected chi connectivity index (χ4v) is 8.82. The second-order valence-corrected chi connectivity index (χ2v) is 20.2. The van der Waals surface area contributed by atoms with Gasteiger partial charge in [0.25, 0.3) is 0 Å². The molecular weight excluding hydrogens is 240 g/mol. The summed E-state index contributed by atoms with van der Waals surface area (Å²) in [5.74, 6) is 2.73. The Morgan fingerprint density at radius 2 is 0.929 bits per heavy atom. The van der Waals surface area contributed by atoms with Gasteiger partial charge >= 0.3 is 0 Å². The molecule has 0 unspecified atom stereocenters. The van der Waals surface area contributed by atoms with Crippen LogP contribution in [0, 0.1) is 0 Å². The van der Waals surface area contributed by atoms with E-state index in [9.17, 15) is 0 Å². The van der Waals surface area contributed by atoms with Gasteiger partial charge in [0.15, 0.2) is 0 Å². The number of hydrogen-bond donors (Lipinski definition) is 0. The maximum Gasteiger partial charge on any atom is 0.0451 e. The van der Waals surface area contributed by atoms with Crippen LogP contribution in [0.3, 0.4) is 0 Å². The lowest BCUT2D eigenvalue weighted by Crippen LogP contribution is -2.20. The van der Waals surface area contributed by atoms with Crippen LogP contribution in [-0.2, 0) is 0 Å². The summed E-state index contributed by atoms with van der Waals surface area (Å²) in [5, 5.41) is 0. The minimum absolute atomic E-state index is 0.780. The smallest absolute Gasteiger partial charge is 0.0451 e. The highest BCUT2D eigenvalue weighted by molar-refractivity contribution is 8.76. The molecule has 0 spiro atoms. The number of hydrogen-bond acceptors (Lipinski definition) is 2. The Kier molecular flexibility index (Phi) is 7.20. The predicted molar refractivity (Wildman–Crippen MR) is 81.2 cm³/mol. The zero-order valence-electron chi connectivity index (χ0n) is 10.6. The van der Waals surface area contributed by atoms with E-state index in [-0.39, 0.29) is 0 Å². The molecule has 0 heterocycles. The Bertz CT molecular complexity index is 129. The second kappa shape index (κ2) is 6.66.